The van der Waals surface area contributed by atoms with E-state index in [2.05, 4.69) is 20.2 Å². The topological polar surface area (TPSA) is 140 Å². The molecular formula is C32H39N5O6S2. The summed E-state index contributed by atoms with van der Waals surface area (Å²) in [6.07, 6.45) is 1.32. The van der Waals surface area contributed by atoms with Crippen molar-refractivity contribution in [2.45, 2.75) is 44.4 Å². The molecule has 1 atom stereocenters. The van der Waals surface area contributed by atoms with Crippen molar-refractivity contribution >= 4 is 38.8 Å². The number of ether oxygens (including phenoxy) is 2. The van der Waals surface area contributed by atoms with Crippen molar-refractivity contribution in [3.8, 4) is 11.5 Å². The van der Waals surface area contributed by atoms with Gasteiger partial charge in [0.1, 0.15) is 23.6 Å². The largest absolute Gasteiger partial charge is 0.506 e. The van der Waals surface area contributed by atoms with Crippen molar-refractivity contribution in [2.75, 3.05) is 52.5 Å². The minimum absolute atomic E-state index is 0.00693. The molecule has 2 saturated heterocycles. The second-order valence-corrected chi connectivity index (χ2v) is 13.8. The van der Waals surface area contributed by atoms with Crippen LogP contribution in [0.1, 0.15) is 40.8 Å². The Kier molecular flexibility index (Phi) is 9.83. The first kappa shape index (κ1) is 31.6. The van der Waals surface area contributed by atoms with Crippen molar-refractivity contribution in [1.29, 1.82) is 0 Å². The first-order valence-electron chi connectivity index (χ1n) is 15.3. The Morgan fingerprint density at radius 1 is 1.20 bits per heavy atom. The predicted molar refractivity (Wildman–Crippen MR) is 174 cm³/mol. The van der Waals surface area contributed by atoms with E-state index in [4.69, 9.17) is 9.47 Å². The van der Waals surface area contributed by atoms with Gasteiger partial charge in [-0.1, -0.05) is 29.5 Å². The summed E-state index contributed by atoms with van der Waals surface area (Å²) < 4.78 is 12.8. The molecule has 240 valence electrons. The van der Waals surface area contributed by atoms with Crippen LogP contribution in [0.2, 0.25) is 0 Å². The summed E-state index contributed by atoms with van der Waals surface area (Å²) >= 11 is 2.56. The fourth-order valence-corrected chi connectivity index (χ4v) is 7.59. The lowest BCUT2D eigenvalue weighted by atomic mass is 9.89. The molecule has 2 aliphatic rings. The molecule has 4 N–H and O–H groups in total. The molecule has 45 heavy (non-hydrogen) atoms. The molecule has 13 heteroatoms. The fraction of sp³-hybridized carbons (Fsp3) is 0.469. The molecule has 1 unspecified atom stereocenters. The molecule has 0 radical (unpaired) electrons. The molecule has 4 heterocycles. The summed E-state index contributed by atoms with van der Waals surface area (Å²) in [7, 11) is 0. The number of rotatable bonds is 11. The van der Waals surface area contributed by atoms with Crippen LogP contribution in [-0.2, 0) is 22.5 Å². The van der Waals surface area contributed by atoms with Gasteiger partial charge in [-0.25, -0.2) is 4.98 Å². The average molecular weight is 654 g/mol. The van der Waals surface area contributed by atoms with Gasteiger partial charge in [-0.2, -0.15) is 0 Å². The molecule has 2 aliphatic heterocycles. The lowest BCUT2D eigenvalue weighted by Gasteiger charge is -2.47. The van der Waals surface area contributed by atoms with E-state index in [-0.39, 0.29) is 22.1 Å². The maximum absolute atomic E-state index is 12.9. The molecule has 0 bridgehead atoms. The number of aliphatic hydroxyl groups excluding tert-OH is 1. The molecule has 2 aromatic heterocycles. The summed E-state index contributed by atoms with van der Waals surface area (Å²) in [5.74, 6) is 0.930. The zero-order valence-corrected chi connectivity index (χ0v) is 26.9. The third-order valence-electron chi connectivity index (χ3n) is 8.58. The number of aromatic amines is 1. The Balaban J connectivity index is 0.899. The van der Waals surface area contributed by atoms with Crippen LogP contribution in [0, 0.1) is 6.92 Å². The number of hydrogen-bond acceptors (Lipinski definition) is 11. The number of amides is 1. The van der Waals surface area contributed by atoms with Crippen LogP contribution < -0.4 is 14.9 Å². The molecule has 1 spiro atoms. The number of morpholine rings is 1. The quantitative estimate of drug-likeness (QED) is 0.192. The number of fused-ring (bicyclic) bond motifs is 1. The number of nitrogens with zero attached hydrogens (tertiary/aromatic N) is 3. The maximum Gasteiger partial charge on any atom is 0.305 e. The van der Waals surface area contributed by atoms with Gasteiger partial charge in [0, 0.05) is 56.8 Å². The van der Waals surface area contributed by atoms with Crippen LogP contribution in [-0.4, -0.2) is 94.0 Å². The summed E-state index contributed by atoms with van der Waals surface area (Å²) in [6.45, 7) is 7.91. The van der Waals surface area contributed by atoms with Gasteiger partial charge in [0.25, 0.3) is 0 Å². The Morgan fingerprint density at radius 2 is 2.00 bits per heavy atom. The number of aromatic nitrogens is 2. The normalized spacial score (nSPS) is 17.6. The van der Waals surface area contributed by atoms with E-state index in [1.165, 1.54) is 6.07 Å². The van der Waals surface area contributed by atoms with Gasteiger partial charge in [0.15, 0.2) is 0 Å². The number of nitrogens with one attached hydrogen (secondary N) is 2. The molecule has 2 aromatic carbocycles. The number of piperidine rings is 1. The number of hydrogen-bond donors (Lipinski definition) is 4. The van der Waals surface area contributed by atoms with E-state index in [0.717, 1.165) is 65.8 Å². The zero-order valence-electron chi connectivity index (χ0n) is 25.3. The van der Waals surface area contributed by atoms with Gasteiger partial charge < -0.3 is 34.9 Å². The molecule has 1 amide bonds. The number of phenols is 1. The van der Waals surface area contributed by atoms with Crippen LogP contribution in [0.15, 0.2) is 46.6 Å². The number of aromatic hydroxyl groups is 1. The van der Waals surface area contributed by atoms with E-state index in [9.17, 15) is 19.8 Å². The van der Waals surface area contributed by atoms with Crippen LogP contribution in [0.5, 0.6) is 11.5 Å². The van der Waals surface area contributed by atoms with Crippen molar-refractivity contribution < 1.29 is 24.5 Å². The first-order valence-corrected chi connectivity index (χ1v) is 17.0. The minimum atomic E-state index is -0.823. The fourth-order valence-electron chi connectivity index (χ4n) is 6.06. The van der Waals surface area contributed by atoms with E-state index >= 15 is 0 Å². The molecule has 4 aromatic rings. The monoisotopic (exact) mass is 653 g/mol. The molecule has 6 rings (SSSR count). The van der Waals surface area contributed by atoms with Gasteiger partial charge in [0.05, 0.1) is 40.1 Å². The SMILES string of the molecule is Cc1nc(CC(=O)N2CCOC3(CCN(CCOc4ccc(CNCC(O)c5ccc(O)c6[nH]c(=O)sc56)cc4)CC3)C2)cs1. The average Bonchev–Trinajstić information content (AvgIpc) is 3.64. The summed E-state index contributed by atoms with van der Waals surface area (Å²) in [5, 5.41) is 26.9. The van der Waals surface area contributed by atoms with Crippen molar-refractivity contribution in [1.82, 2.24) is 25.1 Å². The highest BCUT2D eigenvalue weighted by Gasteiger charge is 2.40. The van der Waals surface area contributed by atoms with Gasteiger partial charge in [-0.05, 0) is 43.5 Å². The van der Waals surface area contributed by atoms with Gasteiger partial charge in [-0.3, -0.25) is 14.5 Å². The summed E-state index contributed by atoms with van der Waals surface area (Å²) in [5.41, 5.74) is 2.61. The van der Waals surface area contributed by atoms with E-state index in [0.29, 0.717) is 61.6 Å². The van der Waals surface area contributed by atoms with E-state index in [1.54, 1.807) is 17.4 Å². The number of benzene rings is 2. The van der Waals surface area contributed by atoms with Gasteiger partial charge >= 0.3 is 4.87 Å². The molecule has 2 fully saturated rings. The van der Waals surface area contributed by atoms with E-state index in [1.807, 2.05) is 41.5 Å². The Bertz CT molecular complexity index is 1660. The van der Waals surface area contributed by atoms with Crippen molar-refractivity contribution in [3.05, 3.63) is 73.3 Å². The predicted octanol–water partition coefficient (Wildman–Crippen LogP) is 3.20. The summed E-state index contributed by atoms with van der Waals surface area (Å²) in [4.78, 5) is 35.8. The van der Waals surface area contributed by atoms with Crippen molar-refractivity contribution in [3.63, 3.8) is 0 Å². The van der Waals surface area contributed by atoms with Crippen LogP contribution in [0.25, 0.3) is 10.2 Å². The number of aryl methyl sites for hydroxylation is 1. The van der Waals surface area contributed by atoms with Gasteiger partial charge in [-0.15, -0.1) is 11.3 Å². The molecular weight excluding hydrogens is 615 g/mol. The van der Waals surface area contributed by atoms with E-state index < -0.39 is 6.10 Å². The third-order valence-corrected chi connectivity index (χ3v) is 10.3. The van der Waals surface area contributed by atoms with Crippen LogP contribution >= 0.6 is 22.7 Å². The smallest absolute Gasteiger partial charge is 0.305 e. The highest BCUT2D eigenvalue weighted by molar-refractivity contribution is 7.16. The number of carbonyl (C=O) groups excluding carboxylic acids is 1. The second-order valence-electron chi connectivity index (χ2n) is 11.8. The standard InChI is InChI=1S/C32H39N5O6S2/c1-21-34-23(19-44-21)16-28(40)37-13-15-43-32(20-37)8-10-36(11-9-32)12-14-42-24-4-2-22(3-5-24)17-33-18-27(39)25-6-7-26(38)29-30(25)45-31(41)35-29/h2-7,19,27,33,38-39H,8-18,20H2,1H3,(H,35,41). The lowest BCUT2D eigenvalue weighted by Crippen LogP contribution is -2.58. The van der Waals surface area contributed by atoms with Crippen molar-refractivity contribution in [2.24, 2.45) is 0 Å². The third kappa shape index (κ3) is 7.74. The highest BCUT2D eigenvalue weighted by atomic mass is 32.1. The Hall–Kier alpha value is -3.33. The molecule has 0 saturated carbocycles. The van der Waals surface area contributed by atoms with Gasteiger partial charge in [0.2, 0.25) is 5.91 Å². The molecule has 0 aliphatic carbocycles. The summed E-state index contributed by atoms with van der Waals surface area (Å²) in [6, 6.07) is 11.0. The Morgan fingerprint density at radius 3 is 2.76 bits per heavy atom. The number of H-pyrrole nitrogens is 1. The molecule has 11 nitrogen and oxygen atoms in total. The maximum atomic E-state index is 12.9. The Labute approximate surface area is 269 Å². The number of thiazole rings is 2. The number of phenolic OH excluding ortho intramolecular Hbond substituents is 1. The highest BCUT2D eigenvalue weighted by Crippen LogP contribution is 2.32. The lowest BCUT2D eigenvalue weighted by molar-refractivity contribution is -0.159. The first-order chi connectivity index (χ1) is 21.8. The number of aliphatic hydroxyl groups is 1. The number of carbonyl (C=O) groups is 1. The van der Waals surface area contributed by atoms with Crippen LogP contribution in [0.4, 0.5) is 0 Å². The second kappa shape index (κ2) is 14.0. The zero-order chi connectivity index (χ0) is 31.4. The number of likely N-dealkylation sites (tertiary alicyclic amines) is 1. The minimum Gasteiger partial charge on any atom is -0.506 e. The van der Waals surface area contributed by atoms with Crippen LogP contribution in [0.3, 0.4) is 0 Å².